The van der Waals surface area contributed by atoms with Crippen LogP contribution in [-0.2, 0) is 4.79 Å². The Morgan fingerprint density at radius 1 is 1.55 bits per heavy atom. The highest BCUT2D eigenvalue weighted by Crippen LogP contribution is 2.11. The van der Waals surface area contributed by atoms with Crippen molar-refractivity contribution < 1.29 is 18.0 Å². The molecular weight excluding hydrogens is 159 g/mol. The number of hydrogen-bond acceptors (Lipinski definition) is 2. The van der Waals surface area contributed by atoms with Crippen molar-refractivity contribution in [2.75, 3.05) is 13.1 Å². The van der Waals surface area contributed by atoms with Gasteiger partial charge in [0.1, 0.15) is 0 Å². The summed E-state index contributed by atoms with van der Waals surface area (Å²) in [7, 11) is 0. The summed E-state index contributed by atoms with van der Waals surface area (Å²) in [5.41, 5.74) is 0. The minimum Gasteiger partial charge on any atom is -0.302 e. The van der Waals surface area contributed by atoms with Crippen LogP contribution in [0.4, 0.5) is 13.2 Å². The lowest BCUT2D eigenvalue weighted by Gasteiger charge is -2.05. The summed E-state index contributed by atoms with van der Waals surface area (Å²) < 4.78 is 34.2. The highest BCUT2D eigenvalue weighted by molar-refractivity contribution is 5.90. The van der Waals surface area contributed by atoms with Gasteiger partial charge < -0.3 is 5.32 Å². The summed E-state index contributed by atoms with van der Waals surface area (Å²) in [5, 5.41) is 1.93. The maximum atomic E-state index is 11.4. The van der Waals surface area contributed by atoms with Crippen molar-refractivity contribution in [3.63, 3.8) is 0 Å². The Morgan fingerprint density at radius 3 is 2.45 bits per heavy atom. The first-order chi connectivity index (χ1) is 4.95. The van der Waals surface area contributed by atoms with E-state index in [2.05, 4.69) is 6.58 Å². The second-order valence-electron chi connectivity index (χ2n) is 1.89. The molecule has 0 unspecified atom stereocenters. The fourth-order valence-corrected chi connectivity index (χ4v) is 0.400. The predicted molar refractivity (Wildman–Crippen MR) is 34.1 cm³/mol. The Kier molecular flexibility index (Phi) is 3.81. The van der Waals surface area contributed by atoms with Crippen LogP contribution >= 0.6 is 0 Å². The van der Waals surface area contributed by atoms with Crippen molar-refractivity contribution >= 4 is 5.78 Å². The van der Waals surface area contributed by atoms with Crippen LogP contribution in [0.25, 0.3) is 0 Å². The van der Waals surface area contributed by atoms with Crippen LogP contribution in [0.1, 0.15) is 0 Å². The van der Waals surface area contributed by atoms with Crippen LogP contribution in [0.15, 0.2) is 12.7 Å². The van der Waals surface area contributed by atoms with Gasteiger partial charge in [-0.25, -0.2) is 0 Å². The second kappa shape index (κ2) is 4.12. The first kappa shape index (κ1) is 10.2. The minimum atomic E-state index is -4.26. The van der Waals surface area contributed by atoms with Crippen LogP contribution in [0.5, 0.6) is 0 Å². The minimum absolute atomic E-state index is 0.316. The summed E-state index contributed by atoms with van der Waals surface area (Å²) in [4.78, 5) is 10.3. The molecule has 1 N–H and O–H groups in total. The lowest BCUT2D eigenvalue weighted by atomic mass is 10.4. The van der Waals surface area contributed by atoms with E-state index in [-0.39, 0.29) is 6.54 Å². The number of carbonyl (C=O) groups excluding carboxylic acids is 1. The van der Waals surface area contributed by atoms with Crippen molar-refractivity contribution in [3.8, 4) is 0 Å². The average Bonchev–Trinajstić information content (AvgIpc) is 1.85. The van der Waals surface area contributed by atoms with Gasteiger partial charge in [-0.1, -0.05) is 6.58 Å². The Bertz CT molecular complexity index is 152. The molecule has 0 atom stereocenters. The van der Waals surface area contributed by atoms with Gasteiger partial charge in [0.15, 0.2) is 5.78 Å². The molecule has 0 bridgehead atoms. The number of rotatable bonds is 4. The lowest BCUT2D eigenvalue weighted by Crippen LogP contribution is -2.32. The second-order valence-corrected chi connectivity index (χ2v) is 1.89. The SMILES string of the molecule is C=CC(=O)CNCC(F)(F)F. The molecule has 0 aliphatic heterocycles. The van der Waals surface area contributed by atoms with Crippen molar-refractivity contribution in [2.45, 2.75) is 6.18 Å². The van der Waals surface area contributed by atoms with Gasteiger partial charge in [-0.3, -0.25) is 4.79 Å². The van der Waals surface area contributed by atoms with E-state index >= 15 is 0 Å². The molecule has 0 aliphatic carbocycles. The molecule has 11 heavy (non-hydrogen) atoms. The molecule has 0 aliphatic rings. The molecule has 0 rings (SSSR count). The third-order valence-corrected chi connectivity index (χ3v) is 0.852. The van der Waals surface area contributed by atoms with Gasteiger partial charge in [-0.2, -0.15) is 13.2 Å². The first-order valence-electron chi connectivity index (χ1n) is 2.88. The standard InChI is InChI=1S/C6H8F3NO/c1-2-5(11)3-10-4-6(7,8)9/h2,10H,1,3-4H2. The summed E-state index contributed by atoms with van der Waals surface area (Å²) in [6.07, 6.45) is -3.29. The summed E-state index contributed by atoms with van der Waals surface area (Å²) in [6.45, 7) is 1.64. The molecule has 64 valence electrons. The number of hydrogen-bond donors (Lipinski definition) is 1. The van der Waals surface area contributed by atoms with Crippen LogP contribution in [-0.4, -0.2) is 25.0 Å². The van der Waals surface area contributed by atoms with E-state index in [4.69, 9.17) is 0 Å². The highest BCUT2D eigenvalue weighted by atomic mass is 19.4. The highest BCUT2D eigenvalue weighted by Gasteiger charge is 2.26. The fourth-order valence-electron chi connectivity index (χ4n) is 0.400. The molecule has 0 spiro atoms. The Morgan fingerprint density at radius 2 is 2.09 bits per heavy atom. The molecule has 0 heterocycles. The van der Waals surface area contributed by atoms with E-state index < -0.39 is 18.5 Å². The molecule has 0 fully saturated rings. The van der Waals surface area contributed by atoms with Gasteiger partial charge in [0.05, 0.1) is 13.1 Å². The van der Waals surface area contributed by atoms with Gasteiger partial charge in [-0.15, -0.1) is 0 Å². The van der Waals surface area contributed by atoms with Gasteiger partial charge in [0.2, 0.25) is 0 Å². The van der Waals surface area contributed by atoms with E-state index in [1.807, 2.05) is 5.32 Å². The first-order valence-corrected chi connectivity index (χ1v) is 2.88. The van der Waals surface area contributed by atoms with Gasteiger partial charge in [0.25, 0.3) is 0 Å². The van der Waals surface area contributed by atoms with Crippen LogP contribution in [0.2, 0.25) is 0 Å². The summed E-state index contributed by atoms with van der Waals surface area (Å²) in [6, 6.07) is 0. The smallest absolute Gasteiger partial charge is 0.302 e. The predicted octanol–water partition coefficient (Wildman–Crippen LogP) is 0.893. The molecule has 0 radical (unpaired) electrons. The zero-order valence-electron chi connectivity index (χ0n) is 5.74. The molecule has 0 aromatic rings. The maximum Gasteiger partial charge on any atom is 0.401 e. The zero-order chi connectivity index (χ0) is 8.91. The van der Waals surface area contributed by atoms with E-state index in [1.54, 1.807) is 0 Å². The topological polar surface area (TPSA) is 29.1 Å². The zero-order valence-corrected chi connectivity index (χ0v) is 5.74. The molecule has 0 amide bonds. The van der Waals surface area contributed by atoms with Crippen LogP contribution in [0.3, 0.4) is 0 Å². The van der Waals surface area contributed by atoms with Crippen molar-refractivity contribution in [2.24, 2.45) is 0 Å². The van der Waals surface area contributed by atoms with Crippen LogP contribution in [0, 0.1) is 0 Å². The monoisotopic (exact) mass is 167 g/mol. The average molecular weight is 167 g/mol. The fraction of sp³-hybridized carbons (Fsp3) is 0.500. The normalized spacial score (nSPS) is 11.2. The van der Waals surface area contributed by atoms with E-state index in [0.717, 1.165) is 6.08 Å². The van der Waals surface area contributed by atoms with Crippen molar-refractivity contribution in [1.29, 1.82) is 0 Å². The number of halogens is 3. The van der Waals surface area contributed by atoms with Crippen molar-refractivity contribution in [1.82, 2.24) is 5.32 Å². The molecule has 0 aromatic heterocycles. The van der Waals surface area contributed by atoms with Gasteiger partial charge >= 0.3 is 6.18 Å². The third kappa shape index (κ3) is 7.05. The molecule has 5 heteroatoms. The summed E-state index contributed by atoms with van der Waals surface area (Å²) >= 11 is 0. The number of carbonyl (C=O) groups is 1. The van der Waals surface area contributed by atoms with Crippen molar-refractivity contribution in [3.05, 3.63) is 12.7 Å². The number of ketones is 1. The largest absolute Gasteiger partial charge is 0.401 e. The van der Waals surface area contributed by atoms with Gasteiger partial charge in [0, 0.05) is 0 Å². The van der Waals surface area contributed by atoms with Crippen LogP contribution < -0.4 is 5.32 Å². The molecule has 0 saturated heterocycles. The Hall–Kier alpha value is -0.840. The van der Waals surface area contributed by atoms with E-state index in [1.165, 1.54) is 0 Å². The summed E-state index contributed by atoms with van der Waals surface area (Å²) in [5.74, 6) is -0.450. The molecule has 2 nitrogen and oxygen atoms in total. The molecular formula is C6H8F3NO. The maximum absolute atomic E-state index is 11.4. The molecule has 0 aromatic carbocycles. The quantitative estimate of drug-likeness (QED) is 0.630. The van der Waals surface area contributed by atoms with Gasteiger partial charge in [-0.05, 0) is 6.08 Å². The Balaban J connectivity index is 3.42. The van der Waals surface area contributed by atoms with E-state index in [9.17, 15) is 18.0 Å². The van der Waals surface area contributed by atoms with E-state index in [0.29, 0.717) is 0 Å². The molecule has 0 saturated carbocycles. The number of alkyl halides is 3. The Labute approximate surface area is 62.1 Å². The number of nitrogens with one attached hydrogen (secondary N) is 1. The third-order valence-electron chi connectivity index (χ3n) is 0.852. The lowest BCUT2D eigenvalue weighted by molar-refractivity contribution is -0.126.